The Kier molecular flexibility index (Phi) is 9.38. The Morgan fingerprint density at radius 2 is 1.32 bits per heavy atom. The van der Waals surface area contributed by atoms with Crippen LogP contribution in [0.15, 0.2) is 12.2 Å². The molecule has 0 spiro atoms. The van der Waals surface area contributed by atoms with E-state index in [0.717, 1.165) is 56.8 Å². The van der Waals surface area contributed by atoms with Crippen molar-refractivity contribution in [2.75, 3.05) is 53.5 Å². The van der Waals surface area contributed by atoms with Crippen LogP contribution in [-0.4, -0.2) is 80.8 Å². The average molecular weight is 465 g/mol. The number of nitrogens with zero attached hydrogens (tertiary/aromatic N) is 6. The molecule has 0 amide bonds. The minimum Gasteiger partial charge on any atom is -0.476 e. The fraction of sp³-hybridized carbons (Fsp3) is 0.619. The van der Waals surface area contributed by atoms with E-state index in [4.69, 9.17) is 9.47 Å². The number of hydrogen-bond donors (Lipinski definition) is 0. The lowest BCUT2D eigenvalue weighted by molar-refractivity contribution is 0.306. The van der Waals surface area contributed by atoms with Gasteiger partial charge in [-0.1, -0.05) is 19.1 Å². The van der Waals surface area contributed by atoms with Crippen LogP contribution in [0.1, 0.15) is 44.5 Å². The highest BCUT2D eigenvalue weighted by atomic mass is 32.1. The van der Waals surface area contributed by atoms with Crippen LogP contribution in [0.5, 0.6) is 11.8 Å². The van der Waals surface area contributed by atoms with Gasteiger partial charge in [-0.05, 0) is 51.4 Å². The lowest BCUT2D eigenvalue weighted by Crippen LogP contribution is -2.25. The number of rotatable bonds is 7. The first-order chi connectivity index (χ1) is 15.1. The molecule has 2 aromatic rings. The van der Waals surface area contributed by atoms with Gasteiger partial charge < -0.3 is 19.3 Å². The Hall–Kier alpha value is -1.88. The molecule has 0 fully saturated rings. The van der Waals surface area contributed by atoms with Crippen LogP contribution < -0.4 is 9.47 Å². The van der Waals surface area contributed by atoms with E-state index in [-0.39, 0.29) is 0 Å². The molecule has 170 valence electrons. The minimum atomic E-state index is 0.640. The van der Waals surface area contributed by atoms with Crippen molar-refractivity contribution in [3.63, 3.8) is 0 Å². The van der Waals surface area contributed by atoms with Gasteiger partial charge in [0.15, 0.2) is 0 Å². The van der Waals surface area contributed by atoms with E-state index in [0.29, 0.717) is 25.0 Å². The molecule has 0 saturated carbocycles. The average Bonchev–Trinajstić information content (AvgIpc) is 3.42. The van der Waals surface area contributed by atoms with Gasteiger partial charge in [0.05, 0.1) is 36.7 Å². The number of hydrogen-bond acceptors (Lipinski definition) is 10. The zero-order valence-electron chi connectivity index (χ0n) is 18.8. The first-order valence-corrected chi connectivity index (χ1v) is 12.2. The molecule has 0 unspecified atom stereocenters. The summed E-state index contributed by atoms with van der Waals surface area (Å²) in [4.78, 5) is 4.57. The lowest BCUT2D eigenvalue weighted by Gasteiger charge is -2.22. The second kappa shape index (κ2) is 12.2. The van der Waals surface area contributed by atoms with Crippen LogP contribution in [-0.2, 0) is 0 Å². The van der Waals surface area contributed by atoms with Gasteiger partial charge in [-0.2, -0.15) is 8.75 Å². The zero-order valence-corrected chi connectivity index (χ0v) is 20.5. The number of ether oxygens (including phenoxy) is 2. The van der Waals surface area contributed by atoms with E-state index in [9.17, 15) is 0 Å². The third-order valence-electron chi connectivity index (χ3n) is 4.93. The third kappa shape index (κ3) is 6.80. The molecule has 2 aliphatic rings. The summed E-state index contributed by atoms with van der Waals surface area (Å²) < 4.78 is 28.0. The van der Waals surface area contributed by atoms with Crippen molar-refractivity contribution in [2.45, 2.75) is 33.1 Å². The Morgan fingerprint density at radius 3 is 1.77 bits per heavy atom. The molecule has 10 heteroatoms. The van der Waals surface area contributed by atoms with Crippen molar-refractivity contribution in [3.05, 3.63) is 23.5 Å². The summed E-state index contributed by atoms with van der Waals surface area (Å²) in [5.74, 6) is 1.39. The molecule has 2 aromatic heterocycles. The van der Waals surface area contributed by atoms with Crippen LogP contribution in [0.3, 0.4) is 0 Å². The molecule has 0 aliphatic carbocycles. The molecule has 0 aromatic carbocycles. The topological polar surface area (TPSA) is 76.5 Å². The quantitative estimate of drug-likeness (QED) is 0.614. The molecule has 4 heterocycles. The van der Waals surface area contributed by atoms with Crippen molar-refractivity contribution in [3.8, 4) is 11.8 Å². The summed E-state index contributed by atoms with van der Waals surface area (Å²) in [5, 5.41) is 0. The third-order valence-corrected chi connectivity index (χ3v) is 5.96. The maximum Gasteiger partial charge on any atom is 0.253 e. The molecule has 0 saturated heterocycles. The molecular weight excluding hydrogens is 432 g/mol. The van der Waals surface area contributed by atoms with Gasteiger partial charge in [-0.25, -0.2) is 0 Å². The second-order valence-corrected chi connectivity index (χ2v) is 8.69. The number of likely N-dealkylation sites (N-methyl/N-ethyl adjacent to an activating group) is 2. The summed E-state index contributed by atoms with van der Waals surface area (Å²) in [6, 6.07) is 0. The van der Waals surface area contributed by atoms with Crippen LogP contribution in [0.2, 0.25) is 0 Å². The van der Waals surface area contributed by atoms with E-state index in [1.807, 2.05) is 6.92 Å². The molecule has 4 rings (SSSR count). The summed E-state index contributed by atoms with van der Waals surface area (Å²) in [7, 11) is 4.24. The Labute approximate surface area is 193 Å². The molecule has 0 bridgehead atoms. The van der Waals surface area contributed by atoms with Crippen molar-refractivity contribution < 1.29 is 9.47 Å². The van der Waals surface area contributed by atoms with E-state index in [1.165, 1.54) is 34.6 Å². The van der Waals surface area contributed by atoms with E-state index in [1.54, 1.807) is 0 Å². The molecule has 0 N–H and O–H groups in total. The van der Waals surface area contributed by atoms with Crippen molar-refractivity contribution >= 4 is 34.6 Å². The van der Waals surface area contributed by atoms with Gasteiger partial charge in [-0.15, -0.1) is 8.75 Å². The van der Waals surface area contributed by atoms with E-state index < -0.39 is 0 Å². The largest absolute Gasteiger partial charge is 0.476 e. The van der Waals surface area contributed by atoms with Gasteiger partial charge in [-0.3, -0.25) is 0 Å². The summed E-state index contributed by atoms with van der Waals surface area (Å²) >= 11 is 2.44. The van der Waals surface area contributed by atoms with Crippen molar-refractivity contribution in [1.82, 2.24) is 27.3 Å². The fourth-order valence-electron chi connectivity index (χ4n) is 3.41. The van der Waals surface area contributed by atoms with Crippen LogP contribution >= 0.6 is 23.5 Å². The monoisotopic (exact) mass is 464 g/mol. The molecule has 8 nitrogen and oxygen atoms in total. The first-order valence-electron chi connectivity index (χ1n) is 10.8. The van der Waals surface area contributed by atoms with E-state index >= 15 is 0 Å². The fourth-order valence-corrected chi connectivity index (χ4v) is 4.47. The van der Waals surface area contributed by atoms with Crippen molar-refractivity contribution in [2.24, 2.45) is 0 Å². The molecule has 0 atom stereocenters. The summed E-state index contributed by atoms with van der Waals surface area (Å²) in [6.07, 6.45) is 7.64. The first kappa shape index (κ1) is 23.8. The van der Waals surface area contributed by atoms with Crippen LogP contribution in [0.4, 0.5) is 0 Å². The highest BCUT2D eigenvalue weighted by Gasteiger charge is 2.19. The van der Waals surface area contributed by atoms with Gasteiger partial charge in [0.1, 0.15) is 11.4 Å². The Morgan fingerprint density at radius 1 is 0.806 bits per heavy atom. The summed E-state index contributed by atoms with van der Waals surface area (Å²) in [5.41, 5.74) is 4.34. The predicted molar refractivity (Wildman–Crippen MR) is 127 cm³/mol. The summed E-state index contributed by atoms with van der Waals surface area (Å²) in [6.45, 7) is 9.51. The molecule has 0 radical (unpaired) electrons. The standard InChI is InChI=1S/C11H17N3OS.C10H15N3OS/c1-3-7-15-11-10(12-16-13-11)9-5-4-6-14(2)8-9;1-3-14-10-9(11-15-12-10)8-5-4-6-13(2)7-8/h5H,3-4,6-8H2,1-2H3;5H,3-4,6-7H2,1-2H3. The Balaban J connectivity index is 0.000000176. The predicted octanol–water partition coefficient (Wildman–Crippen LogP) is 3.70. The lowest BCUT2D eigenvalue weighted by atomic mass is 10.1. The molecular formula is C21H32N6O2S2. The van der Waals surface area contributed by atoms with Gasteiger partial charge in [0, 0.05) is 26.2 Å². The van der Waals surface area contributed by atoms with Gasteiger partial charge in [0.25, 0.3) is 11.8 Å². The minimum absolute atomic E-state index is 0.640. The van der Waals surface area contributed by atoms with Crippen LogP contribution in [0, 0.1) is 0 Å². The number of aromatic nitrogens is 4. The van der Waals surface area contributed by atoms with Gasteiger partial charge >= 0.3 is 0 Å². The zero-order chi connectivity index (χ0) is 22.1. The molecule has 31 heavy (non-hydrogen) atoms. The maximum atomic E-state index is 5.59. The smallest absolute Gasteiger partial charge is 0.253 e. The highest BCUT2D eigenvalue weighted by Crippen LogP contribution is 2.27. The highest BCUT2D eigenvalue weighted by molar-refractivity contribution is 6.99. The molecule has 2 aliphatic heterocycles. The second-order valence-electron chi connectivity index (χ2n) is 7.63. The van der Waals surface area contributed by atoms with Crippen molar-refractivity contribution in [1.29, 1.82) is 0 Å². The van der Waals surface area contributed by atoms with Crippen LogP contribution in [0.25, 0.3) is 11.1 Å². The normalized spacial score (nSPS) is 17.4. The Bertz CT molecular complexity index is 879. The van der Waals surface area contributed by atoms with E-state index in [2.05, 4.69) is 60.5 Å². The van der Waals surface area contributed by atoms with Gasteiger partial charge in [0.2, 0.25) is 0 Å². The SMILES string of the molecule is CCCOc1nsnc1C1=CCCN(C)C1.CCOc1nsnc1C1=CCCN(C)C1. The maximum absolute atomic E-state index is 5.59.